The first kappa shape index (κ1) is 18.0. The van der Waals surface area contributed by atoms with Gasteiger partial charge in [-0.1, -0.05) is 105 Å². The molecule has 18 heavy (non-hydrogen) atoms. The second-order valence-corrected chi connectivity index (χ2v) is 6.26. The van der Waals surface area contributed by atoms with E-state index in [2.05, 4.69) is 27.7 Å². The molecule has 0 nitrogen and oxygen atoms in total. The number of rotatable bonds is 13. The minimum atomic E-state index is 0.848. The Morgan fingerprint density at radius 1 is 0.722 bits per heavy atom. The van der Waals surface area contributed by atoms with E-state index in [-0.39, 0.29) is 0 Å². The topological polar surface area (TPSA) is 0 Å². The van der Waals surface area contributed by atoms with E-state index in [1.807, 2.05) is 0 Å². The second-order valence-electron chi connectivity index (χ2n) is 6.26. The predicted octanol–water partition coefficient (Wildman–Crippen LogP) is 6.79. The molecule has 0 heteroatoms. The average Bonchev–Trinajstić information content (AvgIpc) is 2.35. The highest BCUT2D eigenvalue weighted by atomic mass is 14.2. The molecule has 0 rings (SSSR count). The van der Waals surface area contributed by atoms with E-state index in [4.69, 9.17) is 0 Å². The molecule has 0 aliphatic rings. The van der Waals surface area contributed by atoms with Gasteiger partial charge in [0.15, 0.2) is 0 Å². The Balaban J connectivity index is 3.27. The largest absolute Gasteiger partial charge is 0.0654 e. The molecule has 1 radical (unpaired) electrons. The third kappa shape index (κ3) is 11.1. The molecule has 0 aliphatic heterocycles. The van der Waals surface area contributed by atoms with E-state index in [0.29, 0.717) is 0 Å². The zero-order valence-corrected chi connectivity index (χ0v) is 13.3. The van der Waals surface area contributed by atoms with E-state index in [1.165, 1.54) is 70.6 Å². The van der Waals surface area contributed by atoms with Crippen molar-refractivity contribution in [2.24, 2.45) is 11.8 Å². The molecule has 0 saturated carbocycles. The van der Waals surface area contributed by atoms with Gasteiger partial charge < -0.3 is 0 Å². The number of hydrogen-bond donors (Lipinski definition) is 0. The van der Waals surface area contributed by atoms with Crippen molar-refractivity contribution in [2.75, 3.05) is 0 Å². The molecule has 1 atom stereocenters. The van der Waals surface area contributed by atoms with Gasteiger partial charge in [0.05, 0.1) is 0 Å². The van der Waals surface area contributed by atoms with E-state index in [9.17, 15) is 0 Å². The minimum absolute atomic E-state index is 0.848. The van der Waals surface area contributed by atoms with Crippen LogP contribution in [-0.4, -0.2) is 0 Å². The Morgan fingerprint density at radius 2 is 1.22 bits per heavy atom. The average molecular weight is 253 g/mol. The van der Waals surface area contributed by atoms with Crippen molar-refractivity contribution in [1.29, 1.82) is 0 Å². The SMILES string of the molecule is [CH2]CCC(CCCCCCCCCCC)C(C)C. The van der Waals surface area contributed by atoms with Gasteiger partial charge in [-0.15, -0.1) is 0 Å². The van der Waals surface area contributed by atoms with Crippen molar-refractivity contribution in [3.63, 3.8) is 0 Å². The van der Waals surface area contributed by atoms with Gasteiger partial charge in [-0.25, -0.2) is 0 Å². The fourth-order valence-electron chi connectivity index (χ4n) is 2.79. The molecular formula is C18H37. The minimum Gasteiger partial charge on any atom is -0.0654 e. The van der Waals surface area contributed by atoms with Gasteiger partial charge in [0, 0.05) is 0 Å². The molecule has 0 aliphatic carbocycles. The van der Waals surface area contributed by atoms with E-state index in [1.54, 1.807) is 0 Å². The first-order chi connectivity index (χ1) is 8.72. The summed E-state index contributed by atoms with van der Waals surface area (Å²) >= 11 is 0. The van der Waals surface area contributed by atoms with Crippen molar-refractivity contribution in [2.45, 2.75) is 97.8 Å². The van der Waals surface area contributed by atoms with Gasteiger partial charge in [-0.2, -0.15) is 0 Å². The van der Waals surface area contributed by atoms with Crippen LogP contribution < -0.4 is 0 Å². The van der Waals surface area contributed by atoms with Crippen LogP contribution in [0.2, 0.25) is 0 Å². The Kier molecular flexibility index (Phi) is 13.4. The summed E-state index contributed by atoms with van der Waals surface area (Å²) in [4.78, 5) is 0. The highest BCUT2D eigenvalue weighted by Crippen LogP contribution is 2.23. The van der Waals surface area contributed by atoms with Crippen molar-refractivity contribution < 1.29 is 0 Å². The maximum atomic E-state index is 4.00. The summed E-state index contributed by atoms with van der Waals surface area (Å²) in [5.74, 6) is 1.77. The molecule has 0 heterocycles. The van der Waals surface area contributed by atoms with Gasteiger partial charge in [-0.05, 0) is 11.8 Å². The second kappa shape index (κ2) is 13.4. The molecule has 0 bridgehead atoms. The molecular weight excluding hydrogens is 216 g/mol. The predicted molar refractivity (Wildman–Crippen MR) is 84.8 cm³/mol. The van der Waals surface area contributed by atoms with Crippen LogP contribution in [0.15, 0.2) is 0 Å². The summed E-state index contributed by atoms with van der Waals surface area (Å²) in [6.45, 7) is 11.0. The van der Waals surface area contributed by atoms with Crippen LogP contribution in [0.3, 0.4) is 0 Å². The maximum Gasteiger partial charge on any atom is -0.0391 e. The standard InChI is InChI=1S/C18H37/c1-5-7-8-9-10-11-12-13-14-16-18(15-6-2)17(3)4/h17-18H,2,5-16H2,1,3-4H3. The maximum absolute atomic E-state index is 4.00. The lowest BCUT2D eigenvalue weighted by Crippen LogP contribution is -2.08. The van der Waals surface area contributed by atoms with Crippen molar-refractivity contribution in [3.05, 3.63) is 6.92 Å². The van der Waals surface area contributed by atoms with Crippen LogP contribution in [0.1, 0.15) is 97.8 Å². The number of unbranched alkanes of at least 4 members (excludes halogenated alkanes) is 8. The molecule has 0 aromatic heterocycles. The van der Waals surface area contributed by atoms with Gasteiger partial charge in [0.1, 0.15) is 0 Å². The molecule has 0 saturated heterocycles. The summed E-state index contributed by atoms with van der Waals surface area (Å²) in [6, 6.07) is 0. The molecule has 0 N–H and O–H groups in total. The first-order valence-electron chi connectivity index (χ1n) is 8.51. The van der Waals surface area contributed by atoms with Crippen molar-refractivity contribution in [1.82, 2.24) is 0 Å². The summed E-state index contributed by atoms with van der Waals surface area (Å²) in [6.07, 6.45) is 16.9. The lowest BCUT2D eigenvalue weighted by molar-refractivity contribution is 0.325. The Labute approximate surface area is 117 Å². The lowest BCUT2D eigenvalue weighted by Gasteiger charge is -2.19. The first-order valence-corrected chi connectivity index (χ1v) is 8.51. The summed E-state index contributed by atoms with van der Waals surface area (Å²) < 4.78 is 0. The monoisotopic (exact) mass is 253 g/mol. The Bertz CT molecular complexity index is 148. The van der Waals surface area contributed by atoms with Crippen molar-refractivity contribution >= 4 is 0 Å². The van der Waals surface area contributed by atoms with Gasteiger partial charge in [0.25, 0.3) is 0 Å². The smallest absolute Gasteiger partial charge is 0.0391 e. The van der Waals surface area contributed by atoms with Gasteiger partial charge >= 0.3 is 0 Å². The zero-order valence-electron chi connectivity index (χ0n) is 13.3. The van der Waals surface area contributed by atoms with Crippen LogP contribution in [-0.2, 0) is 0 Å². The fraction of sp³-hybridized carbons (Fsp3) is 0.944. The third-order valence-electron chi connectivity index (χ3n) is 4.20. The van der Waals surface area contributed by atoms with Crippen LogP contribution in [0.25, 0.3) is 0 Å². The van der Waals surface area contributed by atoms with Crippen LogP contribution in [0.4, 0.5) is 0 Å². The Morgan fingerprint density at radius 3 is 1.67 bits per heavy atom. The highest BCUT2D eigenvalue weighted by molar-refractivity contribution is 4.64. The van der Waals surface area contributed by atoms with Gasteiger partial charge in [0.2, 0.25) is 0 Å². The quantitative estimate of drug-likeness (QED) is 0.317. The molecule has 0 spiro atoms. The summed E-state index contributed by atoms with van der Waals surface area (Å²) in [5, 5.41) is 0. The van der Waals surface area contributed by atoms with E-state index >= 15 is 0 Å². The molecule has 1 unspecified atom stereocenters. The normalized spacial score (nSPS) is 13.2. The molecule has 0 amide bonds. The summed E-state index contributed by atoms with van der Waals surface area (Å²) in [5.41, 5.74) is 0. The number of hydrogen-bond acceptors (Lipinski definition) is 0. The molecule has 0 aromatic rings. The third-order valence-corrected chi connectivity index (χ3v) is 4.20. The fourth-order valence-corrected chi connectivity index (χ4v) is 2.79. The zero-order chi connectivity index (χ0) is 13.6. The Hall–Kier alpha value is 0. The lowest BCUT2D eigenvalue weighted by atomic mass is 9.86. The van der Waals surface area contributed by atoms with Crippen molar-refractivity contribution in [3.8, 4) is 0 Å². The molecule has 109 valence electrons. The highest BCUT2D eigenvalue weighted by Gasteiger charge is 2.11. The molecule has 0 aromatic carbocycles. The van der Waals surface area contributed by atoms with Gasteiger partial charge in [-0.3, -0.25) is 0 Å². The van der Waals surface area contributed by atoms with Crippen LogP contribution in [0.5, 0.6) is 0 Å². The summed E-state index contributed by atoms with van der Waals surface area (Å²) in [7, 11) is 0. The van der Waals surface area contributed by atoms with E-state index < -0.39 is 0 Å². The molecule has 0 fully saturated rings. The van der Waals surface area contributed by atoms with Crippen LogP contribution in [0, 0.1) is 18.8 Å². The van der Waals surface area contributed by atoms with Crippen LogP contribution >= 0.6 is 0 Å². The van der Waals surface area contributed by atoms with E-state index in [0.717, 1.165) is 18.3 Å².